The average molecular weight is 412 g/mol. The van der Waals surface area contributed by atoms with E-state index in [9.17, 15) is 9.59 Å². The van der Waals surface area contributed by atoms with Crippen molar-refractivity contribution in [1.29, 1.82) is 0 Å². The number of carbonyl (C=O) groups is 2. The Balaban J connectivity index is 1.93. The van der Waals surface area contributed by atoms with Crippen LogP contribution in [0.3, 0.4) is 0 Å². The molecule has 0 aliphatic carbocycles. The van der Waals surface area contributed by atoms with E-state index in [0.29, 0.717) is 15.7 Å². The molecule has 0 heterocycles. The van der Waals surface area contributed by atoms with Crippen LogP contribution in [0.15, 0.2) is 47.4 Å². The molecule has 1 N–H and O–H groups in total. The summed E-state index contributed by atoms with van der Waals surface area (Å²) in [6.07, 6.45) is -0.976. The van der Waals surface area contributed by atoms with E-state index in [4.69, 9.17) is 27.9 Å². The number of nitrogens with one attached hydrogen (secondary N) is 1. The molecule has 0 radical (unpaired) electrons. The smallest absolute Gasteiger partial charge is 0.319 e. The van der Waals surface area contributed by atoms with Gasteiger partial charge in [-0.1, -0.05) is 47.0 Å². The lowest BCUT2D eigenvalue weighted by atomic mass is 10.2. The molecule has 0 spiro atoms. The van der Waals surface area contributed by atoms with Crippen molar-refractivity contribution in [2.45, 2.75) is 37.0 Å². The Hall–Kier alpha value is -1.69. The van der Waals surface area contributed by atoms with E-state index in [1.54, 1.807) is 25.1 Å². The van der Waals surface area contributed by atoms with Crippen LogP contribution in [-0.2, 0) is 14.3 Å². The van der Waals surface area contributed by atoms with Crippen LogP contribution in [0.2, 0.25) is 10.0 Å². The number of thioether (sulfide) groups is 1. The molecule has 2 aromatic rings. The molecule has 0 fully saturated rings. The maximum absolute atomic E-state index is 12.3. The summed E-state index contributed by atoms with van der Waals surface area (Å²) in [5, 5.41) is 2.77. The third-order valence-electron chi connectivity index (χ3n) is 3.54. The molecule has 1 amide bonds. The Morgan fingerprint density at radius 1 is 1.04 bits per heavy atom. The minimum atomic E-state index is -0.976. The number of aryl methyl sites for hydroxylation is 1. The standard InChI is InChI=1S/C19H19Cl2NO3S/c1-11-7-9-14(10-8-11)26-13(3)19(24)25-12(2)18(23)22-17-15(20)5-4-6-16(17)21/h4-10,12-13H,1-3H3,(H,22,23)/t12-,13+/m0/s1. The fraction of sp³-hybridized carbons (Fsp3) is 0.263. The average Bonchev–Trinajstić information content (AvgIpc) is 2.59. The van der Waals surface area contributed by atoms with Gasteiger partial charge in [0.2, 0.25) is 0 Å². The van der Waals surface area contributed by atoms with Crippen LogP contribution in [0.25, 0.3) is 0 Å². The molecule has 2 atom stereocenters. The van der Waals surface area contributed by atoms with E-state index in [0.717, 1.165) is 10.5 Å². The Kier molecular flexibility index (Phi) is 7.38. The lowest BCUT2D eigenvalue weighted by Crippen LogP contribution is -2.32. The van der Waals surface area contributed by atoms with Crippen molar-refractivity contribution >= 4 is 52.5 Å². The zero-order valence-corrected chi connectivity index (χ0v) is 16.9. The summed E-state index contributed by atoms with van der Waals surface area (Å²) >= 11 is 13.4. The molecule has 0 aliphatic heterocycles. The second-order valence-electron chi connectivity index (χ2n) is 5.74. The SMILES string of the molecule is Cc1ccc(S[C@H](C)C(=O)O[C@@H](C)C(=O)Nc2c(Cl)cccc2Cl)cc1. The lowest BCUT2D eigenvalue weighted by molar-refractivity contribution is -0.152. The highest BCUT2D eigenvalue weighted by molar-refractivity contribution is 8.00. The van der Waals surface area contributed by atoms with Gasteiger partial charge in [-0.2, -0.15) is 0 Å². The number of amides is 1. The van der Waals surface area contributed by atoms with Gasteiger partial charge in [0.1, 0.15) is 5.25 Å². The van der Waals surface area contributed by atoms with Gasteiger partial charge in [0.25, 0.3) is 5.91 Å². The first kappa shape index (κ1) is 20.6. The van der Waals surface area contributed by atoms with E-state index < -0.39 is 23.2 Å². The van der Waals surface area contributed by atoms with Gasteiger partial charge in [-0.15, -0.1) is 11.8 Å². The molecule has 0 saturated heterocycles. The third kappa shape index (κ3) is 5.66. The summed E-state index contributed by atoms with van der Waals surface area (Å²) in [4.78, 5) is 25.5. The van der Waals surface area contributed by atoms with Gasteiger partial charge in [0, 0.05) is 4.90 Å². The number of para-hydroxylation sites is 1. The van der Waals surface area contributed by atoms with Crippen molar-refractivity contribution in [3.05, 3.63) is 58.1 Å². The van der Waals surface area contributed by atoms with Crippen LogP contribution >= 0.6 is 35.0 Å². The van der Waals surface area contributed by atoms with Crippen molar-refractivity contribution in [2.24, 2.45) is 0 Å². The predicted molar refractivity (Wildman–Crippen MR) is 107 cm³/mol. The Morgan fingerprint density at radius 3 is 2.19 bits per heavy atom. The summed E-state index contributed by atoms with van der Waals surface area (Å²) in [5.41, 5.74) is 1.44. The molecule has 0 aromatic heterocycles. The molecular formula is C19H19Cl2NO3S. The quantitative estimate of drug-likeness (QED) is 0.513. The first-order valence-electron chi connectivity index (χ1n) is 7.96. The highest BCUT2D eigenvalue weighted by atomic mass is 35.5. The topological polar surface area (TPSA) is 55.4 Å². The van der Waals surface area contributed by atoms with Gasteiger partial charge in [-0.25, -0.2) is 0 Å². The first-order valence-corrected chi connectivity index (χ1v) is 9.60. The number of rotatable bonds is 6. The molecule has 138 valence electrons. The molecule has 2 aromatic carbocycles. The minimum Gasteiger partial charge on any atom is -0.452 e. The number of ether oxygens (including phenoxy) is 1. The number of hydrogen-bond donors (Lipinski definition) is 1. The normalized spacial score (nSPS) is 13.0. The summed E-state index contributed by atoms with van der Waals surface area (Å²) in [5.74, 6) is -0.968. The molecular weight excluding hydrogens is 393 g/mol. The van der Waals surface area contributed by atoms with Crippen molar-refractivity contribution in [1.82, 2.24) is 0 Å². The number of carbonyl (C=O) groups excluding carboxylic acids is 2. The first-order chi connectivity index (χ1) is 12.3. The predicted octanol–water partition coefficient (Wildman–Crippen LogP) is 5.35. The van der Waals surface area contributed by atoms with Crippen LogP contribution in [0.5, 0.6) is 0 Å². The summed E-state index contributed by atoms with van der Waals surface area (Å²) in [6, 6.07) is 12.7. The fourth-order valence-corrected chi connectivity index (χ4v) is 3.38. The molecule has 7 heteroatoms. The van der Waals surface area contributed by atoms with Crippen LogP contribution < -0.4 is 5.32 Å². The minimum absolute atomic E-state index is 0.297. The highest BCUT2D eigenvalue weighted by Crippen LogP contribution is 2.30. The second-order valence-corrected chi connectivity index (χ2v) is 7.97. The van der Waals surface area contributed by atoms with Gasteiger partial charge in [0.05, 0.1) is 15.7 Å². The molecule has 0 saturated carbocycles. The monoisotopic (exact) mass is 411 g/mol. The van der Waals surface area contributed by atoms with Crippen molar-refractivity contribution in [2.75, 3.05) is 5.32 Å². The van der Waals surface area contributed by atoms with E-state index in [1.165, 1.54) is 18.7 Å². The zero-order valence-electron chi connectivity index (χ0n) is 14.6. The van der Waals surface area contributed by atoms with Crippen LogP contribution in [-0.4, -0.2) is 23.2 Å². The summed E-state index contributed by atoms with van der Waals surface area (Å²) in [7, 11) is 0. The van der Waals surface area contributed by atoms with Gasteiger partial charge in [-0.3, -0.25) is 9.59 Å². The molecule has 0 aliphatic rings. The van der Waals surface area contributed by atoms with Gasteiger partial charge >= 0.3 is 5.97 Å². The molecule has 4 nitrogen and oxygen atoms in total. The number of esters is 1. The van der Waals surface area contributed by atoms with E-state index >= 15 is 0 Å². The van der Waals surface area contributed by atoms with Gasteiger partial charge in [0.15, 0.2) is 6.10 Å². The number of anilines is 1. The van der Waals surface area contributed by atoms with Crippen LogP contribution in [0, 0.1) is 6.92 Å². The van der Waals surface area contributed by atoms with Crippen molar-refractivity contribution in [3.8, 4) is 0 Å². The number of halogens is 2. The van der Waals surface area contributed by atoms with E-state index in [-0.39, 0.29) is 0 Å². The molecule has 0 unspecified atom stereocenters. The van der Waals surface area contributed by atoms with E-state index in [2.05, 4.69) is 5.32 Å². The largest absolute Gasteiger partial charge is 0.452 e. The maximum atomic E-state index is 12.3. The highest BCUT2D eigenvalue weighted by Gasteiger charge is 2.23. The van der Waals surface area contributed by atoms with Gasteiger partial charge in [-0.05, 0) is 45.0 Å². The fourth-order valence-electron chi connectivity index (χ4n) is 2.03. The van der Waals surface area contributed by atoms with E-state index in [1.807, 2.05) is 31.2 Å². The maximum Gasteiger partial charge on any atom is 0.319 e. The summed E-state index contributed by atoms with van der Waals surface area (Å²) < 4.78 is 5.26. The van der Waals surface area contributed by atoms with Crippen molar-refractivity contribution in [3.63, 3.8) is 0 Å². The second kappa shape index (κ2) is 9.31. The molecule has 2 rings (SSSR count). The number of hydrogen-bond acceptors (Lipinski definition) is 4. The molecule has 26 heavy (non-hydrogen) atoms. The third-order valence-corrected chi connectivity index (χ3v) is 5.26. The van der Waals surface area contributed by atoms with Gasteiger partial charge < -0.3 is 10.1 Å². The zero-order chi connectivity index (χ0) is 19.3. The van der Waals surface area contributed by atoms with Crippen LogP contribution in [0.1, 0.15) is 19.4 Å². The molecule has 0 bridgehead atoms. The van der Waals surface area contributed by atoms with Crippen LogP contribution in [0.4, 0.5) is 5.69 Å². The Labute approximate surface area is 167 Å². The Morgan fingerprint density at radius 2 is 1.62 bits per heavy atom. The summed E-state index contributed by atoms with van der Waals surface area (Å²) in [6.45, 7) is 5.24. The lowest BCUT2D eigenvalue weighted by Gasteiger charge is -2.17. The number of benzene rings is 2. The Bertz CT molecular complexity index is 776. The van der Waals surface area contributed by atoms with Crippen molar-refractivity contribution < 1.29 is 14.3 Å².